The molecule has 1 aliphatic heterocycles. The summed E-state index contributed by atoms with van der Waals surface area (Å²) in [6.45, 7) is 0.941. The number of nitrogens with zero attached hydrogens (tertiary/aromatic N) is 1. The highest BCUT2D eigenvalue weighted by molar-refractivity contribution is 5.95. The largest absolute Gasteiger partial charge is 0.493 e. The fraction of sp³-hybridized carbons (Fsp3) is 0.333. The molecule has 0 spiro atoms. The van der Waals surface area contributed by atoms with Crippen LogP contribution < -0.4 is 20.5 Å². The molecule has 0 bridgehead atoms. The van der Waals surface area contributed by atoms with Gasteiger partial charge in [-0.25, -0.2) is 0 Å². The molecule has 1 heterocycles. The molecule has 3 rings (SSSR count). The average molecular weight is 420 g/mol. The van der Waals surface area contributed by atoms with Crippen molar-refractivity contribution >= 4 is 24.2 Å². The lowest BCUT2D eigenvalue weighted by atomic mass is 9.95. The number of nitrogens with one attached hydrogen (secondary N) is 1. The number of rotatable bonds is 6. The Balaban J connectivity index is 0.00000300. The Morgan fingerprint density at radius 2 is 1.86 bits per heavy atom. The fourth-order valence-corrected chi connectivity index (χ4v) is 3.37. The molecular weight excluding hydrogens is 394 g/mol. The van der Waals surface area contributed by atoms with E-state index in [1.54, 1.807) is 23.1 Å². The van der Waals surface area contributed by atoms with Crippen LogP contribution in [0.2, 0.25) is 0 Å². The Kier molecular flexibility index (Phi) is 7.87. The van der Waals surface area contributed by atoms with Crippen molar-refractivity contribution in [1.82, 2.24) is 10.2 Å². The summed E-state index contributed by atoms with van der Waals surface area (Å²) in [5.41, 5.74) is 7.93. The minimum absolute atomic E-state index is 0. The molecule has 0 aliphatic carbocycles. The zero-order valence-electron chi connectivity index (χ0n) is 16.5. The van der Waals surface area contributed by atoms with Crippen molar-refractivity contribution in [3.05, 3.63) is 59.7 Å². The molecule has 1 fully saturated rings. The number of carbonyl (C=O) groups is 2. The number of likely N-dealkylation sites (N-methyl/N-ethyl adjacent to an activating group) is 1. The van der Waals surface area contributed by atoms with E-state index in [2.05, 4.69) is 5.32 Å². The summed E-state index contributed by atoms with van der Waals surface area (Å²) in [6, 6.07) is 14.8. The van der Waals surface area contributed by atoms with Crippen molar-refractivity contribution < 1.29 is 19.1 Å². The van der Waals surface area contributed by atoms with E-state index >= 15 is 0 Å². The van der Waals surface area contributed by atoms with Gasteiger partial charge in [0.1, 0.15) is 0 Å². The number of likely N-dealkylation sites (tertiary alicyclic amines) is 1. The zero-order valence-corrected chi connectivity index (χ0v) is 17.3. The maximum Gasteiger partial charge on any atom is 0.257 e. The fourth-order valence-electron chi connectivity index (χ4n) is 3.37. The third kappa shape index (κ3) is 5.19. The highest BCUT2D eigenvalue weighted by Crippen LogP contribution is 2.31. The molecule has 3 N–H and O–H groups in total. The van der Waals surface area contributed by atoms with Gasteiger partial charge in [-0.15, -0.1) is 12.4 Å². The molecule has 2 aromatic rings. The normalized spacial score (nSPS) is 18.0. The van der Waals surface area contributed by atoms with E-state index in [4.69, 9.17) is 15.2 Å². The first-order valence-corrected chi connectivity index (χ1v) is 9.14. The van der Waals surface area contributed by atoms with Crippen LogP contribution in [-0.2, 0) is 4.79 Å². The van der Waals surface area contributed by atoms with Gasteiger partial charge in [-0.1, -0.05) is 30.3 Å². The highest BCUT2D eigenvalue weighted by atomic mass is 35.5. The Labute approximate surface area is 176 Å². The smallest absolute Gasteiger partial charge is 0.257 e. The minimum Gasteiger partial charge on any atom is -0.493 e. The van der Waals surface area contributed by atoms with Crippen molar-refractivity contribution in [1.29, 1.82) is 0 Å². The van der Waals surface area contributed by atoms with E-state index in [1.807, 2.05) is 30.3 Å². The Morgan fingerprint density at radius 1 is 1.14 bits per heavy atom. The van der Waals surface area contributed by atoms with Crippen LogP contribution in [0.1, 0.15) is 21.8 Å². The van der Waals surface area contributed by atoms with Crippen LogP contribution in [0, 0.1) is 0 Å². The van der Waals surface area contributed by atoms with E-state index in [0.717, 1.165) is 5.56 Å². The summed E-state index contributed by atoms with van der Waals surface area (Å²) in [6.07, 6.45) is 0. The summed E-state index contributed by atoms with van der Waals surface area (Å²) in [4.78, 5) is 26.1. The first-order chi connectivity index (χ1) is 13.5. The molecule has 156 valence electrons. The Hall–Kier alpha value is -2.77. The van der Waals surface area contributed by atoms with E-state index in [0.29, 0.717) is 30.2 Å². The monoisotopic (exact) mass is 419 g/mol. The van der Waals surface area contributed by atoms with E-state index in [-0.39, 0.29) is 42.8 Å². The second kappa shape index (κ2) is 10.1. The first-order valence-electron chi connectivity index (χ1n) is 9.14. The summed E-state index contributed by atoms with van der Waals surface area (Å²) in [5, 5.41) is 2.48. The van der Waals surface area contributed by atoms with Crippen LogP contribution in [0.15, 0.2) is 48.5 Å². The lowest BCUT2D eigenvalue weighted by Gasteiger charge is -2.18. The van der Waals surface area contributed by atoms with Crippen LogP contribution in [-0.4, -0.2) is 56.6 Å². The van der Waals surface area contributed by atoms with Crippen molar-refractivity contribution in [2.24, 2.45) is 5.73 Å². The molecule has 7 nitrogen and oxygen atoms in total. The zero-order chi connectivity index (χ0) is 20.1. The van der Waals surface area contributed by atoms with Gasteiger partial charge in [0, 0.05) is 37.7 Å². The number of halogens is 1. The van der Waals surface area contributed by atoms with E-state index < -0.39 is 0 Å². The van der Waals surface area contributed by atoms with Crippen molar-refractivity contribution in [2.45, 2.75) is 12.0 Å². The number of benzene rings is 2. The molecule has 2 atom stereocenters. The number of ether oxygens (including phenoxy) is 2. The third-order valence-electron chi connectivity index (χ3n) is 4.93. The highest BCUT2D eigenvalue weighted by Gasteiger charge is 2.34. The van der Waals surface area contributed by atoms with E-state index in [9.17, 15) is 9.59 Å². The van der Waals surface area contributed by atoms with E-state index in [1.165, 1.54) is 14.2 Å². The van der Waals surface area contributed by atoms with Gasteiger partial charge in [0.25, 0.3) is 11.8 Å². The molecule has 1 saturated heterocycles. The standard InChI is InChI=1S/C21H25N3O4.ClH/c1-23-20(25)13-28-18-9-8-15(10-19(18)27-2)21(26)24-11-16(17(22)12-24)14-6-4-3-5-7-14;/h3-10,16-17H,11-13,22H2,1-2H3,(H,23,25);1H/t16-,17+;/m0./s1. The van der Waals surface area contributed by atoms with Gasteiger partial charge in [0.2, 0.25) is 0 Å². The molecule has 1 aliphatic rings. The number of hydrogen-bond acceptors (Lipinski definition) is 5. The Morgan fingerprint density at radius 3 is 2.52 bits per heavy atom. The van der Waals surface area contributed by atoms with Gasteiger partial charge in [-0.2, -0.15) is 0 Å². The molecule has 0 saturated carbocycles. The first kappa shape index (κ1) is 22.5. The van der Waals surface area contributed by atoms with Gasteiger partial charge in [-0.3, -0.25) is 9.59 Å². The maximum atomic E-state index is 13.0. The lowest BCUT2D eigenvalue weighted by Crippen LogP contribution is -2.32. The SMILES string of the molecule is CNC(=O)COc1ccc(C(=O)N2C[C@@H](N)[C@H](c3ccccc3)C2)cc1OC.Cl. The van der Waals surface area contributed by atoms with Crippen molar-refractivity contribution in [3.63, 3.8) is 0 Å². The van der Waals surface area contributed by atoms with Gasteiger partial charge in [0.05, 0.1) is 7.11 Å². The minimum atomic E-state index is -0.250. The second-order valence-electron chi connectivity index (χ2n) is 6.72. The molecule has 29 heavy (non-hydrogen) atoms. The molecule has 0 aromatic heterocycles. The number of nitrogens with two attached hydrogens (primary N) is 1. The summed E-state index contributed by atoms with van der Waals surface area (Å²) >= 11 is 0. The molecule has 0 unspecified atom stereocenters. The summed E-state index contributed by atoms with van der Waals surface area (Å²) in [5.74, 6) is 0.563. The Bertz CT molecular complexity index is 847. The number of hydrogen-bond donors (Lipinski definition) is 2. The second-order valence-corrected chi connectivity index (χ2v) is 6.72. The predicted octanol–water partition coefficient (Wildman–Crippen LogP) is 1.81. The van der Waals surface area contributed by atoms with Crippen molar-refractivity contribution in [2.75, 3.05) is 33.9 Å². The van der Waals surface area contributed by atoms with Gasteiger partial charge in [-0.05, 0) is 23.8 Å². The topological polar surface area (TPSA) is 93.9 Å². The molecule has 8 heteroatoms. The van der Waals surface area contributed by atoms with Gasteiger partial charge >= 0.3 is 0 Å². The molecular formula is C21H26ClN3O4. The average Bonchev–Trinajstić information content (AvgIpc) is 3.13. The molecule has 2 amide bonds. The summed E-state index contributed by atoms with van der Waals surface area (Å²) < 4.78 is 10.8. The van der Waals surface area contributed by atoms with Crippen LogP contribution in [0.5, 0.6) is 11.5 Å². The van der Waals surface area contributed by atoms with Gasteiger partial charge in [0.15, 0.2) is 18.1 Å². The summed E-state index contributed by atoms with van der Waals surface area (Å²) in [7, 11) is 3.03. The lowest BCUT2D eigenvalue weighted by molar-refractivity contribution is -0.122. The van der Waals surface area contributed by atoms with Gasteiger partial charge < -0.3 is 25.4 Å². The third-order valence-corrected chi connectivity index (χ3v) is 4.93. The number of amides is 2. The number of methoxy groups -OCH3 is 1. The van der Waals surface area contributed by atoms with Crippen LogP contribution in [0.3, 0.4) is 0 Å². The quantitative estimate of drug-likeness (QED) is 0.744. The maximum absolute atomic E-state index is 13.0. The predicted molar refractivity (Wildman–Crippen MR) is 113 cm³/mol. The van der Waals surface area contributed by atoms with Crippen LogP contribution in [0.25, 0.3) is 0 Å². The molecule has 2 aromatic carbocycles. The van der Waals surface area contributed by atoms with Crippen molar-refractivity contribution in [3.8, 4) is 11.5 Å². The molecule has 0 radical (unpaired) electrons. The van der Waals surface area contributed by atoms with Crippen LogP contribution in [0.4, 0.5) is 0 Å². The van der Waals surface area contributed by atoms with Crippen LogP contribution >= 0.6 is 12.4 Å². The number of carbonyl (C=O) groups excluding carboxylic acids is 2.